The highest BCUT2D eigenvalue weighted by Crippen LogP contribution is 2.14. The number of nitrogens with one attached hydrogen (secondary N) is 1. The molecular formula is C13H28N2O2. The van der Waals surface area contributed by atoms with Crippen LogP contribution in [0.2, 0.25) is 0 Å². The quantitative estimate of drug-likeness (QED) is 0.689. The molecule has 0 aliphatic carbocycles. The van der Waals surface area contributed by atoms with E-state index >= 15 is 0 Å². The Morgan fingerprint density at radius 2 is 2.00 bits per heavy atom. The SMILES string of the molecule is CCNC(CCN(C)CC(C)(C)C)C(=O)OC. The molecule has 0 aliphatic rings. The van der Waals surface area contributed by atoms with Crippen LogP contribution in [0.5, 0.6) is 0 Å². The summed E-state index contributed by atoms with van der Waals surface area (Å²) in [7, 11) is 3.52. The highest BCUT2D eigenvalue weighted by molar-refractivity contribution is 5.75. The maximum atomic E-state index is 11.5. The van der Waals surface area contributed by atoms with Gasteiger partial charge in [-0.2, -0.15) is 0 Å². The van der Waals surface area contributed by atoms with Crippen molar-refractivity contribution in [3.8, 4) is 0 Å². The highest BCUT2D eigenvalue weighted by Gasteiger charge is 2.19. The standard InChI is InChI=1S/C13H28N2O2/c1-7-14-11(12(16)17-6)8-9-15(5)10-13(2,3)4/h11,14H,7-10H2,1-6H3. The van der Waals surface area contributed by atoms with Gasteiger partial charge in [0.1, 0.15) is 6.04 Å². The zero-order valence-electron chi connectivity index (χ0n) is 12.2. The fourth-order valence-corrected chi connectivity index (χ4v) is 1.93. The van der Waals surface area contributed by atoms with Crippen molar-refractivity contribution in [1.82, 2.24) is 10.2 Å². The average Bonchev–Trinajstić information content (AvgIpc) is 2.20. The van der Waals surface area contributed by atoms with Gasteiger partial charge in [0.2, 0.25) is 0 Å². The Kier molecular flexibility index (Phi) is 7.39. The first kappa shape index (κ1) is 16.4. The van der Waals surface area contributed by atoms with E-state index in [2.05, 4.69) is 38.0 Å². The lowest BCUT2D eigenvalue weighted by Gasteiger charge is -2.27. The van der Waals surface area contributed by atoms with Crippen LogP contribution in [0.3, 0.4) is 0 Å². The van der Waals surface area contributed by atoms with Crippen molar-refractivity contribution < 1.29 is 9.53 Å². The van der Waals surface area contributed by atoms with Gasteiger partial charge in [-0.25, -0.2) is 0 Å². The van der Waals surface area contributed by atoms with Crippen LogP contribution >= 0.6 is 0 Å². The second kappa shape index (κ2) is 7.67. The first-order valence-electron chi connectivity index (χ1n) is 6.30. The molecule has 17 heavy (non-hydrogen) atoms. The molecule has 0 saturated heterocycles. The summed E-state index contributed by atoms with van der Waals surface area (Å²) in [4.78, 5) is 13.8. The number of carbonyl (C=O) groups is 1. The van der Waals surface area contributed by atoms with Gasteiger partial charge in [0.05, 0.1) is 7.11 Å². The average molecular weight is 244 g/mol. The molecule has 4 heteroatoms. The van der Waals surface area contributed by atoms with Crippen molar-refractivity contribution in [2.45, 2.75) is 40.2 Å². The van der Waals surface area contributed by atoms with Crippen LogP contribution in [-0.2, 0) is 9.53 Å². The lowest BCUT2D eigenvalue weighted by molar-refractivity contribution is -0.143. The van der Waals surface area contributed by atoms with Gasteiger partial charge in [-0.3, -0.25) is 4.79 Å². The molecule has 0 fully saturated rings. The second-order valence-corrected chi connectivity index (χ2v) is 5.72. The van der Waals surface area contributed by atoms with E-state index < -0.39 is 0 Å². The molecule has 0 aromatic heterocycles. The molecule has 1 N–H and O–H groups in total. The fraction of sp³-hybridized carbons (Fsp3) is 0.923. The molecule has 1 unspecified atom stereocenters. The van der Waals surface area contributed by atoms with Crippen molar-refractivity contribution in [2.75, 3.05) is 33.8 Å². The minimum absolute atomic E-state index is 0.170. The Labute approximate surface area is 106 Å². The van der Waals surface area contributed by atoms with Crippen LogP contribution in [0.25, 0.3) is 0 Å². The first-order chi connectivity index (χ1) is 7.80. The monoisotopic (exact) mass is 244 g/mol. The van der Waals surface area contributed by atoms with Crippen molar-refractivity contribution in [3.05, 3.63) is 0 Å². The lowest BCUT2D eigenvalue weighted by Crippen LogP contribution is -2.41. The Morgan fingerprint density at radius 1 is 1.41 bits per heavy atom. The van der Waals surface area contributed by atoms with Gasteiger partial charge in [0.25, 0.3) is 0 Å². The number of rotatable bonds is 7. The third-order valence-electron chi connectivity index (χ3n) is 2.48. The maximum Gasteiger partial charge on any atom is 0.322 e. The minimum Gasteiger partial charge on any atom is -0.468 e. The largest absolute Gasteiger partial charge is 0.468 e. The van der Waals surface area contributed by atoms with E-state index in [1.165, 1.54) is 7.11 Å². The number of methoxy groups -OCH3 is 1. The molecule has 0 heterocycles. The first-order valence-corrected chi connectivity index (χ1v) is 6.30. The number of esters is 1. The molecule has 4 nitrogen and oxygen atoms in total. The third kappa shape index (κ3) is 8.16. The van der Waals surface area contributed by atoms with Crippen molar-refractivity contribution in [2.24, 2.45) is 5.41 Å². The summed E-state index contributed by atoms with van der Waals surface area (Å²) in [5, 5.41) is 3.15. The van der Waals surface area contributed by atoms with E-state index in [1.54, 1.807) is 0 Å². The van der Waals surface area contributed by atoms with E-state index in [0.29, 0.717) is 0 Å². The zero-order chi connectivity index (χ0) is 13.5. The van der Waals surface area contributed by atoms with Gasteiger partial charge in [-0.1, -0.05) is 27.7 Å². The summed E-state index contributed by atoms with van der Waals surface area (Å²) in [6.45, 7) is 11.3. The van der Waals surface area contributed by atoms with E-state index in [9.17, 15) is 4.79 Å². The van der Waals surface area contributed by atoms with Gasteiger partial charge in [-0.05, 0) is 32.0 Å². The molecule has 102 valence electrons. The molecule has 0 spiro atoms. The summed E-state index contributed by atoms with van der Waals surface area (Å²) in [6.07, 6.45) is 0.785. The van der Waals surface area contributed by atoms with Gasteiger partial charge >= 0.3 is 5.97 Å². The molecule has 0 amide bonds. The Balaban J connectivity index is 4.08. The van der Waals surface area contributed by atoms with Crippen LogP contribution in [0.4, 0.5) is 0 Å². The van der Waals surface area contributed by atoms with Crippen LogP contribution in [-0.4, -0.2) is 50.7 Å². The number of carbonyl (C=O) groups excluding carboxylic acids is 1. The van der Waals surface area contributed by atoms with Crippen LogP contribution in [0.15, 0.2) is 0 Å². The smallest absolute Gasteiger partial charge is 0.322 e. The van der Waals surface area contributed by atoms with Crippen molar-refractivity contribution >= 4 is 5.97 Å². The van der Waals surface area contributed by atoms with Crippen LogP contribution in [0.1, 0.15) is 34.1 Å². The number of nitrogens with zero attached hydrogens (tertiary/aromatic N) is 1. The number of hydrogen-bond acceptors (Lipinski definition) is 4. The third-order valence-corrected chi connectivity index (χ3v) is 2.48. The highest BCUT2D eigenvalue weighted by atomic mass is 16.5. The molecule has 0 saturated carbocycles. The summed E-state index contributed by atoms with van der Waals surface area (Å²) in [6, 6.07) is -0.188. The minimum atomic E-state index is -0.188. The van der Waals surface area contributed by atoms with Crippen molar-refractivity contribution in [1.29, 1.82) is 0 Å². The zero-order valence-corrected chi connectivity index (χ0v) is 12.2. The predicted octanol–water partition coefficient (Wildman–Crippen LogP) is 1.51. The molecule has 0 aromatic rings. The fourth-order valence-electron chi connectivity index (χ4n) is 1.93. The second-order valence-electron chi connectivity index (χ2n) is 5.72. The predicted molar refractivity (Wildman–Crippen MR) is 71.0 cm³/mol. The topological polar surface area (TPSA) is 41.6 Å². The normalized spacial score (nSPS) is 13.8. The van der Waals surface area contributed by atoms with Gasteiger partial charge in [0, 0.05) is 6.54 Å². The van der Waals surface area contributed by atoms with Crippen LogP contribution in [0, 0.1) is 5.41 Å². The number of likely N-dealkylation sites (N-methyl/N-ethyl adjacent to an activating group) is 1. The van der Waals surface area contributed by atoms with Crippen molar-refractivity contribution in [3.63, 3.8) is 0 Å². The Morgan fingerprint density at radius 3 is 2.41 bits per heavy atom. The summed E-state index contributed by atoms with van der Waals surface area (Å²) in [5.41, 5.74) is 0.285. The Bertz CT molecular complexity index is 224. The summed E-state index contributed by atoms with van der Waals surface area (Å²) >= 11 is 0. The molecule has 1 atom stereocenters. The van der Waals surface area contributed by atoms with Gasteiger partial charge in [-0.15, -0.1) is 0 Å². The molecule has 0 bridgehead atoms. The lowest BCUT2D eigenvalue weighted by atomic mass is 9.96. The van der Waals surface area contributed by atoms with E-state index in [-0.39, 0.29) is 17.4 Å². The summed E-state index contributed by atoms with van der Waals surface area (Å²) < 4.78 is 4.78. The number of ether oxygens (including phenoxy) is 1. The summed E-state index contributed by atoms with van der Waals surface area (Å²) in [5.74, 6) is -0.170. The number of hydrogen-bond donors (Lipinski definition) is 1. The van der Waals surface area contributed by atoms with Gasteiger partial charge < -0.3 is 15.0 Å². The van der Waals surface area contributed by atoms with E-state index in [0.717, 1.165) is 26.1 Å². The maximum absolute atomic E-state index is 11.5. The van der Waals surface area contributed by atoms with Gasteiger partial charge in [0.15, 0.2) is 0 Å². The molecule has 0 aliphatic heterocycles. The Hall–Kier alpha value is -0.610. The molecular weight excluding hydrogens is 216 g/mol. The molecule has 0 rings (SSSR count). The van der Waals surface area contributed by atoms with E-state index in [4.69, 9.17) is 4.74 Å². The van der Waals surface area contributed by atoms with E-state index in [1.807, 2.05) is 6.92 Å². The molecule has 0 aromatic carbocycles. The molecule has 0 radical (unpaired) electrons. The van der Waals surface area contributed by atoms with Crippen LogP contribution < -0.4 is 5.32 Å².